The van der Waals surface area contributed by atoms with Crippen LogP contribution in [0.2, 0.25) is 0 Å². The van der Waals surface area contributed by atoms with Crippen molar-refractivity contribution in [3.63, 3.8) is 0 Å². The van der Waals surface area contributed by atoms with E-state index < -0.39 is 17.4 Å². The van der Waals surface area contributed by atoms with Gasteiger partial charge >= 0.3 is 11.9 Å². The molecule has 6 heteroatoms. The van der Waals surface area contributed by atoms with E-state index in [0.717, 1.165) is 0 Å². The van der Waals surface area contributed by atoms with Gasteiger partial charge < -0.3 is 15.2 Å². The number of esters is 1. The molecule has 0 saturated heterocycles. The van der Waals surface area contributed by atoms with Gasteiger partial charge in [0.25, 0.3) is 0 Å². The summed E-state index contributed by atoms with van der Waals surface area (Å²) >= 11 is 0. The molecule has 0 fully saturated rings. The quantitative estimate of drug-likeness (QED) is 0.658. The minimum Gasteiger partial charge on any atom is -0.481 e. The van der Waals surface area contributed by atoms with Gasteiger partial charge in [-0.05, 0) is 0 Å². The highest BCUT2D eigenvalue weighted by Gasteiger charge is 2.21. The van der Waals surface area contributed by atoms with Crippen molar-refractivity contribution in [3.8, 4) is 0 Å². The van der Waals surface area contributed by atoms with Crippen LogP contribution in [0.25, 0.3) is 0 Å². The summed E-state index contributed by atoms with van der Waals surface area (Å²) in [4.78, 5) is 32.5. The predicted molar refractivity (Wildman–Crippen MR) is 55.7 cm³/mol. The molecule has 0 bridgehead atoms. The van der Waals surface area contributed by atoms with Gasteiger partial charge in [0.05, 0.1) is 6.42 Å². The molecule has 2 N–H and O–H groups in total. The SMILES string of the molecule is CC(C)(C)C(=O)NCC(=O)OCCC(=O)O. The lowest BCUT2D eigenvalue weighted by Gasteiger charge is -2.16. The first kappa shape index (κ1) is 14.4. The first-order valence-electron chi connectivity index (χ1n) is 4.89. The van der Waals surface area contributed by atoms with Crippen LogP contribution in [0.3, 0.4) is 0 Å². The maximum absolute atomic E-state index is 11.3. The number of carbonyl (C=O) groups excluding carboxylic acids is 2. The largest absolute Gasteiger partial charge is 0.481 e. The lowest BCUT2D eigenvalue weighted by molar-refractivity contribution is -0.147. The molecule has 0 aliphatic rings. The zero-order valence-electron chi connectivity index (χ0n) is 9.70. The van der Waals surface area contributed by atoms with Crippen molar-refractivity contribution in [3.05, 3.63) is 0 Å². The van der Waals surface area contributed by atoms with Gasteiger partial charge in [-0.25, -0.2) is 0 Å². The van der Waals surface area contributed by atoms with Crippen molar-refractivity contribution in [2.45, 2.75) is 27.2 Å². The van der Waals surface area contributed by atoms with Crippen molar-refractivity contribution in [1.29, 1.82) is 0 Å². The molecule has 0 aliphatic carbocycles. The van der Waals surface area contributed by atoms with Crippen LogP contribution in [-0.2, 0) is 19.1 Å². The van der Waals surface area contributed by atoms with E-state index in [2.05, 4.69) is 10.1 Å². The topological polar surface area (TPSA) is 92.7 Å². The van der Waals surface area contributed by atoms with Gasteiger partial charge in [0.15, 0.2) is 0 Å². The Morgan fingerprint density at radius 1 is 1.25 bits per heavy atom. The Balaban J connectivity index is 3.74. The Kier molecular flexibility index (Phi) is 5.49. The van der Waals surface area contributed by atoms with E-state index in [1.165, 1.54) is 0 Å². The first-order valence-corrected chi connectivity index (χ1v) is 4.89. The fourth-order valence-electron chi connectivity index (χ4n) is 0.721. The van der Waals surface area contributed by atoms with Gasteiger partial charge in [-0.15, -0.1) is 0 Å². The monoisotopic (exact) mass is 231 g/mol. The minimum absolute atomic E-state index is 0.181. The number of amides is 1. The number of ether oxygens (including phenoxy) is 1. The maximum Gasteiger partial charge on any atom is 0.325 e. The second-order valence-electron chi connectivity index (χ2n) is 4.30. The summed E-state index contributed by atoms with van der Waals surface area (Å²) in [5, 5.41) is 10.7. The van der Waals surface area contributed by atoms with Crippen LogP contribution >= 0.6 is 0 Å². The highest BCUT2D eigenvalue weighted by molar-refractivity contribution is 5.85. The van der Waals surface area contributed by atoms with Gasteiger partial charge in [-0.1, -0.05) is 20.8 Å². The molecule has 1 amide bonds. The lowest BCUT2D eigenvalue weighted by atomic mass is 9.96. The van der Waals surface area contributed by atoms with Crippen LogP contribution in [0.4, 0.5) is 0 Å². The van der Waals surface area contributed by atoms with Crippen molar-refractivity contribution in [2.75, 3.05) is 13.2 Å². The van der Waals surface area contributed by atoms with E-state index in [-0.39, 0.29) is 25.5 Å². The fourth-order valence-corrected chi connectivity index (χ4v) is 0.721. The van der Waals surface area contributed by atoms with Crippen LogP contribution < -0.4 is 5.32 Å². The molecule has 0 radical (unpaired) electrons. The Morgan fingerprint density at radius 3 is 2.25 bits per heavy atom. The van der Waals surface area contributed by atoms with Gasteiger partial charge in [0.2, 0.25) is 5.91 Å². The second-order valence-corrected chi connectivity index (χ2v) is 4.30. The molecule has 6 nitrogen and oxygen atoms in total. The summed E-state index contributed by atoms with van der Waals surface area (Å²) in [6.45, 7) is 4.74. The van der Waals surface area contributed by atoms with E-state index in [9.17, 15) is 14.4 Å². The van der Waals surface area contributed by atoms with Gasteiger partial charge in [-0.2, -0.15) is 0 Å². The Morgan fingerprint density at radius 2 is 1.81 bits per heavy atom. The number of hydrogen-bond donors (Lipinski definition) is 2. The van der Waals surface area contributed by atoms with E-state index in [0.29, 0.717) is 0 Å². The van der Waals surface area contributed by atoms with E-state index in [4.69, 9.17) is 5.11 Å². The maximum atomic E-state index is 11.3. The van der Waals surface area contributed by atoms with Crippen molar-refractivity contribution in [2.24, 2.45) is 5.41 Å². The number of hydrogen-bond acceptors (Lipinski definition) is 4. The summed E-state index contributed by atoms with van der Waals surface area (Å²) in [5.41, 5.74) is -0.568. The molecule has 0 saturated carbocycles. The summed E-state index contributed by atoms with van der Waals surface area (Å²) in [5.74, 6) is -1.94. The number of carboxylic acid groups (broad SMARTS) is 1. The fraction of sp³-hybridized carbons (Fsp3) is 0.700. The van der Waals surface area contributed by atoms with Crippen molar-refractivity contribution >= 4 is 17.8 Å². The average molecular weight is 231 g/mol. The molecule has 16 heavy (non-hydrogen) atoms. The van der Waals surface area contributed by atoms with E-state index >= 15 is 0 Å². The van der Waals surface area contributed by atoms with Gasteiger partial charge in [0.1, 0.15) is 13.2 Å². The van der Waals surface area contributed by atoms with Crippen LogP contribution in [0.15, 0.2) is 0 Å². The number of aliphatic carboxylic acids is 1. The molecule has 0 unspecified atom stereocenters. The minimum atomic E-state index is -1.04. The van der Waals surface area contributed by atoms with Crippen molar-refractivity contribution in [1.82, 2.24) is 5.32 Å². The third-order valence-electron chi connectivity index (χ3n) is 1.65. The number of carbonyl (C=O) groups is 3. The van der Waals surface area contributed by atoms with Crippen LogP contribution in [0.1, 0.15) is 27.2 Å². The lowest BCUT2D eigenvalue weighted by Crippen LogP contribution is -2.38. The molecular weight excluding hydrogens is 214 g/mol. The highest BCUT2D eigenvalue weighted by atomic mass is 16.5. The van der Waals surface area contributed by atoms with Crippen molar-refractivity contribution < 1.29 is 24.2 Å². The molecular formula is C10H17NO5. The van der Waals surface area contributed by atoms with Gasteiger partial charge in [0, 0.05) is 5.41 Å². The third kappa shape index (κ3) is 6.80. The van der Waals surface area contributed by atoms with E-state index in [1.54, 1.807) is 20.8 Å². The first-order chi connectivity index (χ1) is 7.23. The Labute approximate surface area is 94.0 Å². The molecule has 0 aromatic heterocycles. The standard InChI is InChI=1S/C10H17NO5/c1-10(2,3)9(15)11-6-8(14)16-5-4-7(12)13/h4-6H2,1-3H3,(H,11,15)(H,12,13). The van der Waals surface area contributed by atoms with Crippen LogP contribution in [-0.4, -0.2) is 36.1 Å². The van der Waals surface area contributed by atoms with Crippen LogP contribution in [0.5, 0.6) is 0 Å². The number of nitrogens with one attached hydrogen (secondary N) is 1. The highest BCUT2D eigenvalue weighted by Crippen LogP contribution is 2.11. The molecule has 0 aromatic rings. The molecule has 92 valence electrons. The normalized spacial score (nSPS) is 10.7. The Hall–Kier alpha value is -1.59. The number of rotatable bonds is 5. The molecule has 0 atom stereocenters. The van der Waals surface area contributed by atoms with Gasteiger partial charge in [-0.3, -0.25) is 14.4 Å². The second kappa shape index (κ2) is 6.09. The predicted octanol–water partition coefficient (Wildman–Crippen LogP) is 0.167. The zero-order valence-corrected chi connectivity index (χ0v) is 9.70. The summed E-state index contributed by atoms with van der Waals surface area (Å²) in [6, 6.07) is 0. The average Bonchev–Trinajstić information content (AvgIpc) is 2.11. The summed E-state index contributed by atoms with van der Waals surface area (Å²) < 4.78 is 4.58. The third-order valence-corrected chi connectivity index (χ3v) is 1.65. The van der Waals surface area contributed by atoms with E-state index in [1.807, 2.05) is 0 Å². The molecule has 0 aliphatic heterocycles. The molecule has 0 heterocycles. The summed E-state index contributed by atoms with van der Waals surface area (Å²) in [6.07, 6.45) is -0.237. The smallest absolute Gasteiger partial charge is 0.325 e. The molecule has 0 rings (SSSR count). The number of carboxylic acids is 1. The molecule has 0 spiro atoms. The van der Waals surface area contributed by atoms with Crippen LogP contribution in [0, 0.1) is 5.41 Å². The summed E-state index contributed by atoms with van der Waals surface area (Å²) in [7, 11) is 0. The molecule has 0 aromatic carbocycles. The zero-order chi connectivity index (χ0) is 12.8. The Bertz CT molecular complexity index is 279.